The number of benzene rings is 1. The lowest BCUT2D eigenvalue weighted by Crippen LogP contribution is -2.37. The molecule has 1 aromatic heterocycles. The summed E-state index contributed by atoms with van der Waals surface area (Å²) in [5, 5.41) is 1.10. The SMILES string of the molecule is COc1cccc2c(N3CCCC(CC(N)=O)C3)c(C)cnc12. The van der Waals surface area contributed by atoms with Gasteiger partial charge in [0.2, 0.25) is 5.91 Å². The molecule has 1 atom stereocenters. The fourth-order valence-electron chi connectivity index (χ4n) is 3.59. The quantitative estimate of drug-likeness (QED) is 0.942. The number of pyridine rings is 1. The van der Waals surface area contributed by atoms with Gasteiger partial charge in [-0.2, -0.15) is 0 Å². The summed E-state index contributed by atoms with van der Waals surface area (Å²) in [6.07, 6.45) is 4.50. The highest BCUT2D eigenvalue weighted by atomic mass is 16.5. The maximum Gasteiger partial charge on any atom is 0.217 e. The van der Waals surface area contributed by atoms with Crippen LogP contribution in [0, 0.1) is 12.8 Å². The molecule has 0 aliphatic carbocycles. The lowest BCUT2D eigenvalue weighted by Gasteiger charge is -2.35. The number of nitrogens with two attached hydrogens (primary N) is 1. The number of hydrogen-bond donors (Lipinski definition) is 1. The minimum atomic E-state index is -0.213. The molecule has 0 radical (unpaired) electrons. The normalized spacial score (nSPS) is 18.2. The van der Waals surface area contributed by atoms with Crippen molar-refractivity contribution in [2.75, 3.05) is 25.1 Å². The first-order valence-electron chi connectivity index (χ1n) is 8.05. The summed E-state index contributed by atoms with van der Waals surface area (Å²) in [4.78, 5) is 18.2. The summed E-state index contributed by atoms with van der Waals surface area (Å²) in [5.74, 6) is 0.902. The lowest BCUT2D eigenvalue weighted by atomic mass is 9.93. The Morgan fingerprint density at radius 1 is 1.48 bits per heavy atom. The molecule has 23 heavy (non-hydrogen) atoms. The van der Waals surface area contributed by atoms with E-state index in [0.717, 1.165) is 48.1 Å². The molecule has 1 fully saturated rings. The Hall–Kier alpha value is -2.30. The number of nitrogens with zero attached hydrogens (tertiary/aromatic N) is 2. The van der Waals surface area contributed by atoms with Crippen LogP contribution in [0.5, 0.6) is 5.75 Å². The highest BCUT2D eigenvalue weighted by Crippen LogP contribution is 2.36. The van der Waals surface area contributed by atoms with Gasteiger partial charge in [0.1, 0.15) is 11.3 Å². The number of anilines is 1. The van der Waals surface area contributed by atoms with Gasteiger partial charge in [-0.1, -0.05) is 12.1 Å². The van der Waals surface area contributed by atoms with Crippen molar-refractivity contribution >= 4 is 22.5 Å². The molecule has 2 heterocycles. The zero-order chi connectivity index (χ0) is 16.4. The Balaban J connectivity index is 2.01. The van der Waals surface area contributed by atoms with E-state index in [-0.39, 0.29) is 5.91 Å². The highest BCUT2D eigenvalue weighted by Gasteiger charge is 2.24. The third-order valence-electron chi connectivity index (χ3n) is 4.56. The predicted molar refractivity (Wildman–Crippen MR) is 91.8 cm³/mol. The molecular formula is C18H23N3O2. The van der Waals surface area contributed by atoms with E-state index in [2.05, 4.69) is 22.9 Å². The van der Waals surface area contributed by atoms with Crippen LogP contribution in [0.2, 0.25) is 0 Å². The fraction of sp³-hybridized carbons (Fsp3) is 0.444. The van der Waals surface area contributed by atoms with Gasteiger partial charge in [0.05, 0.1) is 12.8 Å². The van der Waals surface area contributed by atoms with Crippen molar-refractivity contribution in [1.29, 1.82) is 0 Å². The van der Waals surface area contributed by atoms with E-state index >= 15 is 0 Å². The molecule has 0 spiro atoms. The molecule has 1 amide bonds. The topological polar surface area (TPSA) is 68.5 Å². The molecule has 1 saturated heterocycles. The number of carbonyl (C=O) groups is 1. The van der Waals surface area contributed by atoms with Crippen LogP contribution >= 0.6 is 0 Å². The zero-order valence-electron chi connectivity index (χ0n) is 13.7. The van der Waals surface area contributed by atoms with Crippen LogP contribution in [-0.4, -0.2) is 31.1 Å². The molecule has 1 unspecified atom stereocenters. The predicted octanol–water partition coefficient (Wildman–Crippen LogP) is 2.64. The molecule has 2 aromatic rings. The summed E-state index contributed by atoms with van der Waals surface area (Å²) in [6.45, 7) is 3.94. The molecule has 0 saturated carbocycles. The number of aryl methyl sites for hydroxylation is 1. The van der Waals surface area contributed by atoms with E-state index in [4.69, 9.17) is 10.5 Å². The minimum absolute atomic E-state index is 0.213. The van der Waals surface area contributed by atoms with Crippen molar-refractivity contribution in [3.63, 3.8) is 0 Å². The van der Waals surface area contributed by atoms with E-state index in [1.54, 1.807) is 7.11 Å². The van der Waals surface area contributed by atoms with Crippen LogP contribution in [0.25, 0.3) is 10.9 Å². The second-order valence-electron chi connectivity index (χ2n) is 6.27. The number of amides is 1. The van der Waals surface area contributed by atoms with Gasteiger partial charge < -0.3 is 15.4 Å². The van der Waals surface area contributed by atoms with Gasteiger partial charge in [-0.25, -0.2) is 0 Å². The number of aromatic nitrogens is 1. The van der Waals surface area contributed by atoms with Gasteiger partial charge in [0, 0.05) is 31.1 Å². The number of fused-ring (bicyclic) bond motifs is 1. The lowest BCUT2D eigenvalue weighted by molar-refractivity contribution is -0.118. The number of hydrogen-bond acceptors (Lipinski definition) is 4. The minimum Gasteiger partial charge on any atom is -0.494 e. The molecule has 2 N–H and O–H groups in total. The second-order valence-corrected chi connectivity index (χ2v) is 6.27. The number of carbonyl (C=O) groups excluding carboxylic acids is 1. The third kappa shape index (κ3) is 3.09. The molecular weight excluding hydrogens is 290 g/mol. The van der Waals surface area contributed by atoms with Crippen molar-refractivity contribution in [2.24, 2.45) is 11.7 Å². The third-order valence-corrected chi connectivity index (χ3v) is 4.56. The summed E-state index contributed by atoms with van der Waals surface area (Å²) >= 11 is 0. The van der Waals surface area contributed by atoms with Gasteiger partial charge in [0.15, 0.2) is 0 Å². The van der Waals surface area contributed by atoms with Crippen molar-refractivity contribution < 1.29 is 9.53 Å². The Bertz CT molecular complexity index is 730. The molecule has 3 rings (SSSR count). The summed E-state index contributed by atoms with van der Waals surface area (Å²) in [7, 11) is 1.67. The van der Waals surface area contributed by atoms with Crippen molar-refractivity contribution in [1.82, 2.24) is 4.98 Å². The van der Waals surface area contributed by atoms with Gasteiger partial charge in [-0.05, 0) is 37.3 Å². The van der Waals surface area contributed by atoms with Crippen LogP contribution in [0.4, 0.5) is 5.69 Å². The first kappa shape index (κ1) is 15.6. The van der Waals surface area contributed by atoms with Gasteiger partial charge in [-0.3, -0.25) is 9.78 Å². The fourth-order valence-corrected chi connectivity index (χ4v) is 3.59. The average molecular weight is 313 g/mol. The van der Waals surface area contributed by atoms with E-state index in [1.165, 1.54) is 5.69 Å². The summed E-state index contributed by atoms with van der Waals surface area (Å²) < 4.78 is 5.44. The molecule has 122 valence electrons. The van der Waals surface area contributed by atoms with Gasteiger partial charge >= 0.3 is 0 Å². The summed E-state index contributed by atoms with van der Waals surface area (Å²) in [5.41, 5.74) is 8.61. The summed E-state index contributed by atoms with van der Waals surface area (Å²) in [6, 6.07) is 6.02. The molecule has 5 nitrogen and oxygen atoms in total. The molecule has 1 aliphatic heterocycles. The van der Waals surface area contributed by atoms with Crippen LogP contribution in [0.3, 0.4) is 0 Å². The van der Waals surface area contributed by atoms with E-state index in [9.17, 15) is 4.79 Å². The number of primary amides is 1. The first-order valence-corrected chi connectivity index (χ1v) is 8.05. The maximum atomic E-state index is 11.3. The van der Waals surface area contributed by atoms with Crippen LogP contribution in [-0.2, 0) is 4.79 Å². The number of ether oxygens (including phenoxy) is 1. The zero-order valence-corrected chi connectivity index (χ0v) is 13.7. The van der Waals surface area contributed by atoms with Crippen LogP contribution < -0.4 is 15.4 Å². The van der Waals surface area contributed by atoms with E-state index in [1.807, 2.05) is 18.3 Å². The number of para-hydroxylation sites is 1. The van der Waals surface area contributed by atoms with Crippen molar-refractivity contribution in [2.45, 2.75) is 26.2 Å². The van der Waals surface area contributed by atoms with Gasteiger partial charge in [0.25, 0.3) is 0 Å². The molecule has 1 aromatic carbocycles. The van der Waals surface area contributed by atoms with Crippen LogP contribution in [0.1, 0.15) is 24.8 Å². The maximum absolute atomic E-state index is 11.3. The molecule has 5 heteroatoms. The molecule has 0 bridgehead atoms. The standard InChI is InChI=1S/C18H23N3O2/c1-12-10-20-17-14(6-3-7-15(17)23-2)18(12)21-8-4-5-13(11-21)9-16(19)22/h3,6-7,10,13H,4-5,8-9,11H2,1-2H3,(H2,19,22). The monoisotopic (exact) mass is 313 g/mol. The van der Waals surface area contributed by atoms with Gasteiger partial charge in [-0.15, -0.1) is 0 Å². The van der Waals surface area contributed by atoms with Crippen LogP contribution in [0.15, 0.2) is 24.4 Å². The number of piperidine rings is 1. The molecule has 1 aliphatic rings. The smallest absolute Gasteiger partial charge is 0.217 e. The number of methoxy groups -OCH3 is 1. The average Bonchev–Trinajstić information content (AvgIpc) is 2.53. The largest absolute Gasteiger partial charge is 0.494 e. The number of rotatable bonds is 4. The Morgan fingerprint density at radius 2 is 2.30 bits per heavy atom. The Morgan fingerprint density at radius 3 is 3.04 bits per heavy atom. The van der Waals surface area contributed by atoms with E-state index < -0.39 is 0 Å². The Kier molecular flexibility index (Phi) is 4.37. The first-order chi connectivity index (χ1) is 11.1. The highest BCUT2D eigenvalue weighted by molar-refractivity contribution is 5.96. The Labute approximate surface area is 136 Å². The van der Waals surface area contributed by atoms with Crippen molar-refractivity contribution in [3.8, 4) is 5.75 Å². The van der Waals surface area contributed by atoms with E-state index in [0.29, 0.717) is 12.3 Å². The second kappa shape index (κ2) is 6.44. The van der Waals surface area contributed by atoms with Crippen molar-refractivity contribution in [3.05, 3.63) is 30.0 Å².